The summed E-state index contributed by atoms with van der Waals surface area (Å²) in [7, 11) is 0. The molecule has 3 amide bonds. The highest BCUT2D eigenvalue weighted by Crippen LogP contribution is 2.19. The Morgan fingerprint density at radius 1 is 0.971 bits per heavy atom. The van der Waals surface area contributed by atoms with E-state index in [2.05, 4.69) is 10.6 Å². The fourth-order valence-corrected chi connectivity index (χ4v) is 4.36. The minimum absolute atomic E-state index is 0.0466. The van der Waals surface area contributed by atoms with Gasteiger partial charge in [-0.25, -0.2) is 0 Å². The van der Waals surface area contributed by atoms with Gasteiger partial charge in [-0.05, 0) is 43.2 Å². The Morgan fingerprint density at radius 3 is 2.20 bits per heavy atom. The van der Waals surface area contributed by atoms with E-state index in [4.69, 9.17) is 5.73 Å². The molecule has 35 heavy (non-hydrogen) atoms. The average molecular weight is 479 g/mol. The van der Waals surface area contributed by atoms with Gasteiger partial charge in [0.15, 0.2) is 0 Å². The summed E-state index contributed by atoms with van der Waals surface area (Å²) >= 11 is 0. The summed E-state index contributed by atoms with van der Waals surface area (Å²) in [4.78, 5) is 40.3. The number of carbonyl (C=O) groups excluding carboxylic acids is 3. The van der Waals surface area contributed by atoms with Crippen molar-refractivity contribution >= 4 is 17.7 Å². The molecule has 7 heteroatoms. The lowest BCUT2D eigenvalue weighted by Crippen LogP contribution is -2.53. The number of aryl methyl sites for hydroxylation is 1. The molecule has 0 unspecified atom stereocenters. The number of nitrogens with one attached hydrogen (secondary N) is 2. The number of rotatable bonds is 9. The van der Waals surface area contributed by atoms with Gasteiger partial charge in [-0.2, -0.15) is 0 Å². The third kappa shape index (κ3) is 7.65. The van der Waals surface area contributed by atoms with Gasteiger partial charge in [0.05, 0.1) is 6.04 Å². The normalized spacial score (nSPS) is 16.0. The highest BCUT2D eigenvalue weighted by atomic mass is 16.2. The maximum atomic E-state index is 13.0. The molecule has 7 nitrogen and oxygen atoms in total. The van der Waals surface area contributed by atoms with Crippen molar-refractivity contribution in [3.05, 3.63) is 71.3 Å². The second-order valence-electron chi connectivity index (χ2n) is 9.83. The molecule has 1 heterocycles. The molecule has 1 fully saturated rings. The molecule has 1 saturated heterocycles. The highest BCUT2D eigenvalue weighted by molar-refractivity contribution is 5.89. The van der Waals surface area contributed by atoms with E-state index in [0.29, 0.717) is 38.9 Å². The van der Waals surface area contributed by atoms with Crippen molar-refractivity contribution in [3.63, 3.8) is 0 Å². The van der Waals surface area contributed by atoms with E-state index >= 15 is 0 Å². The summed E-state index contributed by atoms with van der Waals surface area (Å²) in [6, 6.07) is 16.5. The minimum atomic E-state index is -0.605. The van der Waals surface area contributed by atoms with E-state index in [0.717, 1.165) is 11.1 Å². The number of likely N-dealkylation sites (tertiary alicyclic amines) is 1. The molecule has 188 valence electrons. The van der Waals surface area contributed by atoms with Crippen LogP contribution in [0.1, 0.15) is 43.4 Å². The monoisotopic (exact) mass is 478 g/mol. The molecule has 0 aromatic heterocycles. The van der Waals surface area contributed by atoms with Gasteiger partial charge in [-0.3, -0.25) is 14.4 Å². The van der Waals surface area contributed by atoms with Crippen molar-refractivity contribution in [2.45, 2.75) is 58.7 Å². The fourth-order valence-electron chi connectivity index (χ4n) is 4.36. The molecular formula is C28H38N4O3. The first-order valence-corrected chi connectivity index (χ1v) is 12.5. The number of hydrogen-bond acceptors (Lipinski definition) is 4. The lowest BCUT2D eigenvalue weighted by atomic mass is 9.93. The van der Waals surface area contributed by atoms with Gasteiger partial charge in [0, 0.05) is 25.6 Å². The predicted octanol–water partition coefficient (Wildman–Crippen LogP) is 2.56. The topological polar surface area (TPSA) is 105 Å². The van der Waals surface area contributed by atoms with Crippen LogP contribution in [0.3, 0.4) is 0 Å². The van der Waals surface area contributed by atoms with E-state index in [-0.39, 0.29) is 29.6 Å². The lowest BCUT2D eigenvalue weighted by Gasteiger charge is -2.34. The molecule has 4 N–H and O–H groups in total. The first kappa shape index (κ1) is 26.4. The van der Waals surface area contributed by atoms with E-state index in [1.807, 2.05) is 75.4 Å². The molecule has 0 spiro atoms. The number of nitrogens with two attached hydrogens (primary N) is 1. The Morgan fingerprint density at radius 2 is 1.60 bits per heavy atom. The summed E-state index contributed by atoms with van der Waals surface area (Å²) in [5.41, 5.74) is 9.38. The molecule has 2 aromatic carbocycles. The number of benzene rings is 2. The van der Waals surface area contributed by atoms with Crippen LogP contribution in [0.5, 0.6) is 0 Å². The molecule has 0 saturated carbocycles. The van der Waals surface area contributed by atoms with Gasteiger partial charge in [0.2, 0.25) is 17.7 Å². The zero-order valence-electron chi connectivity index (χ0n) is 21.0. The van der Waals surface area contributed by atoms with E-state index in [1.165, 1.54) is 5.56 Å². The molecule has 3 rings (SSSR count). The second-order valence-corrected chi connectivity index (χ2v) is 9.83. The first-order valence-electron chi connectivity index (χ1n) is 12.5. The van der Waals surface area contributed by atoms with Crippen LogP contribution < -0.4 is 16.4 Å². The molecule has 0 aliphatic carbocycles. The first-order chi connectivity index (χ1) is 16.7. The fraction of sp³-hybridized carbons (Fsp3) is 0.464. The summed E-state index contributed by atoms with van der Waals surface area (Å²) in [5, 5.41) is 5.89. The van der Waals surface area contributed by atoms with Crippen LogP contribution in [0.15, 0.2) is 54.6 Å². The quantitative estimate of drug-likeness (QED) is 0.515. The second kappa shape index (κ2) is 12.5. The van der Waals surface area contributed by atoms with Gasteiger partial charge in [-0.15, -0.1) is 0 Å². The Hall–Kier alpha value is -3.19. The molecule has 1 aliphatic rings. The zero-order valence-corrected chi connectivity index (χ0v) is 21.0. The van der Waals surface area contributed by atoms with Gasteiger partial charge < -0.3 is 21.3 Å². The van der Waals surface area contributed by atoms with E-state index < -0.39 is 12.1 Å². The van der Waals surface area contributed by atoms with Gasteiger partial charge in [0.25, 0.3) is 0 Å². The lowest BCUT2D eigenvalue weighted by molar-refractivity contribution is -0.137. The Bertz CT molecular complexity index is 983. The van der Waals surface area contributed by atoms with Crippen molar-refractivity contribution in [1.82, 2.24) is 15.5 Å². The van der Waals surface area contributed by atoms with E-state index in [1.54, 1.807) is 4.90 Å². The molecule has 0 bridgehead atoms. The molecule has 2 atom stereocenters. The van der Waals surface area contributed by atoms with Gasteiger partial charge in [-0.1, -0.05) is 74.0 Å². The predicted molar refractivity (Wildman–Crippen MR) is 137 cm³/mol. The largest absolute Gasteiger partial charge is 0.350 e. The third-order valence-corrected chi connectivity index (χ3v) is 6.63. The highest BCUT2D eigenvalue weighted by Gasteiger charge is 2.32. The Labute approximate surface area is 208 Å². The van der Waals surface area contributed by atoms with Gasteiger partial charge >= 0.3 is 0 Å². The SMILES string of the molecule is Cc1ccc(CNC(=O)[C@@H](NC(=O)C2CCN(C(=O)[C@@H](N)Cc3ccccc3)CC2)C(C)C)cc1. The molecule has 2 aromatic rings. The number of hydrogen-bond donors (Lipinski definition) is 3. The van der Waals surface area contributed by atoms with Crippen LogP contribution in [-0.4, -0.2) is 47.8 Å². The Kier molecular flexibility index (Phi) is 9.43. The number of carbonyl (C=O) groups is 3. The number of amides is 3. The van der Waals surface area contributed by atoms with Crippen molar-refractivity contribution < 1.29 is 14.4 Å². The van der Waals surface area contributed by atoms with Gasteiger partial charge in [0.1, 0.15) is 6.04 Å². The summed E-state index contributed by atoms with van der Waals surface area (Å²) in [5.74, 6) is -0.670. The summed E-state index contributed by atoms with van der Waals surface area (Å²) in [6.45, 7) is 7.27. The summed E-state index contributed by atoms with van der Waals surface area (Å²) < 4.78 is 0. The van der Waals surface area contributed by atoms with Crippen molar-refractivity contribution in [3.8, 4) is 0 Å². The van der Waals surface area contributed by atoms with Crippen LogP contribution in [0.2, 0.25) is 0 Å². The third-order valence-electron chi connectivity index (χ3n) is 6.63. The van der Waals surface area contributed by atoms with Crippen molar-refractivity contribution in [1.29, 1.82) is 0 Å². The van der Waals surface area contributed by atoms with Crippen molar-refractivity contribution in [2.24, 2.45) is 17.6 Å². The van der Waals surface area contributed by atoms with Crippen LogP contribution >= 0.6 is 0 Å². The summed E-state index contributed by atoms with van der Waals surface area (Å²) in [6.07, 6.45) is 1.62. The van der Waals surface area contributed by atoms with Crippen LogP contribution in [-0.2, 0) is 27.3 Å². The zero-order chi connectivity index (χ0) is 25.4. The van der Waals surface area contributed by atoms with Crippen molar-refractivity contribution in [2.75, 3.05) is 13.1 Å². The molecular weight excluding hydrogens is 440 g/mol. The average Bonchev–Trinajstić information content (AvgIpc) is 2.86. The van der Waals surface area contributed by atoms with Crippen LogP contribution in [0.25, 0.3) is 0 Å². The molecule has 1 aliphatic heterocycles. The van der Waals surface area contributed by atoms with Crippen LogP contribution in [0.4, 0.5) is 0 Å². The minimum Gasteiger partial charge on any atom is -0.350 e. The number of nitrogens with zero attached hydrogens (tertiary/aromatic N) is 1. The maximum absolute atomic E-state index is 13.0. The van der Waals surface area contributed by atoms with E-state index in [9.17, 15) is 14.4 Å². The smallest absolute Gasteiger partial charge is 0.243 e. The molecule has 0 radical (unpaired) electrons. The van der Waals surface area contributed by atoms with Crippen LogP contribution in [0, 0.1) is 18.8 Å². The standard InChI is InChI=1S/C28H38N4O3/c1-19(2)25(27(34)30-18-22-11-9-20(3)10-12-22)31-26(33)23-13-15-32(16-14-23)28(35)24(29)17-21-7-5-4-6-8-21/h4-12,19,23-25H,13-18,29H2,1-3H3,(H,30,34)(H,31,33)/t24-,25-/m0/s1. The maximum Gasteiger partial charge on any atom is 0.243 e. The number of piperidine rings is 1. The Balaban J connectivity index is 1.47.